The molecule has 1 aromatic carbocycles. The number of rotatable bonds is 9. The Bertz CT molecular complexity index is 815. The predicted molar refractivity (Wildman–Crippen MR) is 123 cm³/mol. The third-order valence-corrected chi connectivity index (χ3v) is 5.08. The molecule has 0 saturated carbocycles. The van der Waals surface area contributed by atoms with Crippen LogP contribution in [0.15, 0.2) is 55.6 Å². The Morgan fingerprint density at radius 2 is 1.84 bits per heavy atom. The largest absolute Gasteiger partial charge is 0.459 e. The standard InChI is InChI=1S/C25H34N2O5/c1-6-11-19-15-16-21(23(29)31-17-18-13-9-8-10-14-18)27(19)22(28)20(12-7-2)26-24(30)32-25(3,4)5/h6-10,13-14,19-21H,1-2,11-12,15-17H2,3-5H3,(H,26,30)/t19?,20-,21-/m0/s1. The van der Waals surface area contributed by atoms with Gasteiger partial charge in [-0.1, -0.05) is 42.5 Å². The third-order valence-electron chi connectivity index (χ3n) is 5.08. The van der Waals surface area contributed by atoms with Gasteiger partial charge in [-0.3, -0.25) is 4.79 Å². The lowest BCUT2D eigenvalue weighted by Gasteiger charge is -2.32. The summed E-state index contributed by atoms with van der Waals surface area (Å²) in [5.41, 5.74) is 0.171. The van der Waals surface area contributed by atoms with Gasteiger partial charge < -0.3 is 19.7 Å². The van der Waals surface area contributed by atoms with E-state index in [0.717, 1.165) is 5.56 Å². The number of hydrogen-bond donors (Lipinski definition) is 1. The van der Waals surface area contributed by atoms with Crippen LogP contribution in [0.25, 0.3) is 0 Å². The second-order valence-electron chi connectivity index (χ2n) is 8.83. The lowest BCUT2D eigenvalue weighted by molar-refractivity contribution is -0.156. The molecule has 2 amide bonds. The zero-order valence-corrected chi connectivity index (χ0v) is 19.2. The maximum Gasteiger partial charge on any atom is 0.408 e. The minimum Gasteiger partial charge on any atom is -0.459 e. The van der Waals surface area contributed by atoms with Gasteiger partial charge in [0, 0.05) is 6.04 Å². The molecule has 32 heavy (non-hydrogen) atoms. The van der Waals surface area contributed by atoms with Crippen molar-refractivity contribution in [3.8, 4) is 0 Å². The summed E-state index contributed by atoms with van der Waals surface area (Å²) in [6, 6.07) is 7.57. The van der Waals surface area contributed by atoms with Crippen LogP contribution in [0.5, 0.6) is 0 Å². The first-order chi connectivity index (χ1) is 15.2. The van der Waals surface area contributed by atoms with E-state index in [0.29, 0.717) is 19.3 Å². The quantitative estimate of drug-likeness (QED) is 0.459. The molecule has 7 heteroatoms. The first-order valence-corrected chi connectivity index (χ1v) is 10.9. The van der Waals surface area contributed by atoms with Gasteiger partial charge in [-0.15, -0.1) is 13.2 Å². The molecule has 1 aliphatic rings. The highest BCUT2D eigenvalue weighted by molar-refractivity contribution is 5.90. The lowest BCUT2D eigenvalue weighted by Crippen LogP contribution is -2.54. The molecule has 1 aromatic rings. The molecular weight excluding hydrogens is 408 g/mol. The van der Waals surface area contributed by atoms with Crippen LogP contribution in [0.4, 0.5) is 4.79 Å². The third kappa shape index (κ3) is 7.25. The highest BCUT2D eigenvalue weighted by atomic mass is 16.6. The Labute approximate surface area is 190 Å². The molecule has 3 atom stereocenters. The Morgan fingerprint density at radius 1 is 1.16 bits per heavy atom. The van der Waals surface area contributed by atoms with Crippen molar-refractivity contribution in [3.05, 3.63) is 61.2 Å². The normalized spacial score (nSPS) is 19.0. The first kappa shape index (κ1) is 25.2. The van der Waals surface area contributed by atoms with Crippen LogP contribution in [-0.2, 0) is 25.7 Å². The summed E-state index contributed by atoms with van der Waals surface area (Å²) < 4.78 is 10.8. The van der Waals surface area contributed by atoms with Crippen LogP contribution in [0, 0.1) is 0 Å². The summed E-state index contributed by atoms with van der Waals surface area (Å²) >= 11 is 0. The van der Waals surface area contributed by atoms with E-state index in [1.54, 1.807) is 37.8 Å². The minimum absolute atomic E-state index is 0.135. The van der Waals surface area contributed by atoms with Gasteiger partial charge in [0.15, 0.2) is 0 Å². The fourth-order valence-corrected chi connectivity index (χ4v) is 3.71. The summed E-state index contributed by atoms with van der Waals surface area (Å²) in [6.45, 7) is 12.8. The molecule has 1 aliphatic heterocycles. The Hall–Kier alpha value is -3.09. The Kier molecular flexibility index (Phi) is 9.05. The summed E-state index contributed by atoms with van der Waals surface area (Å²) in [6.07, 6.45) is 4.48. The molecular formula is C25H34N2O5. The van der Waals surface area contributed by atoms with Gasteiger partial charge in [0.05, 0.1) is 0 Å². The van der Waals surface area contributed by atoms with E-state index in [1.165, 1.54) is 0 Å². The van der Waals surface area contributed by atoms with E-state index in [2.05, 4.69) is 18.5 Å². The van der Waals surface area contributed by atoms with Crippen LogP contribution < -0.4 is 5.32 Å². The van der Waals surface area contributed by atoms with Gasteiger partial charge in [-0.25, -0.2) is 9.59 Å². The SMILES string of the molecule is C=CCC1CC[C@@H](C(=O)OCc2ccccc2)N1C(=O)[C@H](CC=C)NC(=O)OC(C)(C)C. The zero-order valence-electron chi connectivity index (χ0n) is 19.2. The maximum absolute atomic E-state index is 13.5. The van der Waals surface area contributed by atoms with E-state index >= 15 is 0 Å². The van der Waals surface area contributed by atoms with Crippen molar-refractivity contribution in [2.45, 2.75) is 76.8 Å². The number of benzene rings is 1. The number of esters is 1. The molecule has 0 bridgehead atoms. The summed E-state index contributed by atoms with van der Waals surface area (Å²) in [4.78, 5) is 40.2. The fourth-order valence-electron chi connectivity index (χ4n) is 3.71. The smallest absolute Gasteiger partial charge is 0.408 e. The van der Waals surface area contributed by atoms with Crippen molar-refractivity contribution in [3.63, 3.8) is 0 Å². The number of carbonyl (C=O) groups excluding carboxylic acids is 3. The van der Waals surface area contributed by atoms with Crippen LogP contribution in [0.1, 0.15) is 52.0 Å². The summed E-state index contributed by atoms with van der Waals surface area (Å²) in [5.74, 6) is -0.815. The van der Waals surface area contributed by atoms with E-state index < -0.39 is 29.7 Å². The van der Waals surface area contributed by atoms with Gasteiger partial charge in [-0.2, -0.15) is 0 Å². The van der Waals surface area contributed by atoms with Crippen LogP contribution >= 0.6 is 0 Å². The molecule has 174 valence electrons. The van der Waals surface area contributed by atoms with Crippen LogP contribution in [0.2, 0.25) is 0 Å². The van der Waals surface area contributed by atoms with E-state index in [9.17, 15) is 14.4 Å². The average Bonchev–Trinajstić information content (AvgIpc) is 3.14. The molecule has 1 heterocycles. The van der Waals surface area contributed by atoms with E-state index in [-0.39, 0.29) is 25.0 Å². The van der Waals surface area contributed by atoms with Gasteiger partial charge in [0.25, 0.3) is 0 Å². The highest BCUT2D eigenvalue weighted by Gasteiger charge is 2.43. The first-order valence-electron chi connectivity index (χ1n) is 10.9. The number of alkyl carbamates (subject to hydrolysis) is 1. The van der Waals surface area contributed by atoms with Crippen molar-refractivity contribution in [2.24, 2.45) is 0 Å². The predicted octanol–water partition coefficient (Wildman–Crippen LogP) is 4.13. The maximum atomic E-state index is 13.5. The number of nitrogens with zero attached hydrogens (tertiary/aromatic N) is 1. The minimum atomic E-state index is -0.891. The van der Waals surface area contributed by atoms with Crippen molar-refractivity contribution in [1.82, 2.24) is 10.2 Å². The molecule has 0 aromatic heterocycles. The lowest BCUT2D eigenvalue weighted by atomic mass is 10.1. The van der Waals surface area contributed by atoms with E-state index in [1.807, 2.05) is 30.3 Å². The Balaban J connectivity index is 2.16. The fraction of sp³-hybridized carbons (Fsp3) is 0.480. The highest BCUT2D eigenvalue weighted by Crippen LogP contribution is 2.29. The molecule has 2 rings (SSSR count). The van der Waals surface area contributed by atoms with Crippen LogP contribution in [-0.4, -0.2) is 46.6 Å². The van der Waals surface area contributed by atoms with E-state index in [4.69, 9.17) is 9.47 Å². The number of hydrogen-bond acceptors (Lipinski definition) is 5. The molecule has 1 fully saturated rings. The second kappa shape index (κ2) is 11.5. The average molecular weight is 443 g/mol. The van der Waals surface area contributed by atoms with Crippen molar-refractivity contribution in [2.75, 3.05) is 0 Å². The van der Waals surface area contributed by atoms with Crippen molar-refractivity contribution >= 4 is 18.0 Å². The zero-order chi connectivity index (χ0) is 23.7. The second-order valence-corrected chi connectivity index (χ2v) is 8.83. The van der Waals surface area contributed by atoms with Gasteiger partial charge in [0.2, 0.25) is 5.91 Å². The molecule has 1 N–H and O–H groups in total. The summed E-state index contributed by atoms with van der Waals surface area (Å²) in [5, 5.41) is 2.63. The Morgan fingerprint density at radius 3 is 2.44 bits per heavy atom. The molecule has 0 aliphatic carbocycles. The molecule has 0 spiro atoms. The number of carbonyl (C=O) groups is 3. The van der Waals surface area contributed by atoms with Crippen molar-refractivity contribution in [1.29, 1.82) is 0 Å². The summed E-state index contributed by atoms with van der Waals surface area (Å²) in [7, 11) is 0. The number of likely N-dealkylation sites (tertiary alicyclic amines) is 1. The monoisotopic (exact) mass is 442 g/mol. The number of ether oxygens (including phenoxy) is 2. The molecule has 0 radical (unpaired) electrons. The topological polar surface area (TPSA) is 84.9 Å². The molecule has 1 unspecified atom stereocenters. The van der Waals surface area contributed by atoms with Gasteiger partial charge in [0.1, 0.15) is 24.3 Å². The van der Waals surface area contributed by atoms with Gasteiger partial charge in [-0.05, 0) is 52.0 Å². The van der Waals surface area contributed by atoms with Crippen LogP contribution in [0.3, 0.4) is 0 Å². The molecule has 1 saturated heterocycles. The van der Waals surface area contributed by atoms with Crippen molar-refractivity contribution < 1.29 is 23.9 Å². The molecule has 7 nitrogen and oxygen atoms in total. The number of nitrogens with one attached hydrogen (secondary N) is 1. The number of amides is 2. The van der Waals surface area contributed by atoms with Gasteiger partial charge >= 0.3 is 12.1 Å².